The number of hydrogen-bond donors (Lipinski definition) is 1. The molecule has 0 saturated carbocycles. The van der Waals surface area contributed by atoms with Crippen LogP contribution in [0.4, 0.5) is 0 Å². The average molecular weight is 248 g/mol. The molecule has 0 spiro atoms. The zero-order chi connectivity index (χ0) is 11.9. The van der Waals surface area contributed by atoms with Gasteiger partial charge in [0.15, 0.2) is 0 Å². The van der Waals surface area contributed by atoms with Gasteiger partial charge in [0.1, 0.15) is 12.4 Å². The molecule has 3 nitrogen and oxygen atoms in total. The lowest BCUT2D eigenvalue weighted by atomic mass is 10.2. The van der Waals surface area contributed by atoms with E-state index >= 15 is 0 Å². The summed E-state index contributed by atoms with van der Waals surface area (Å²) in [6, 6.07) is 6.10. The van der Waals surface area contributed by atoms with E-state index in [-0.39, 0.29) is 0 Å². The molecule has 1 N–H and O–H groups in total. The van der Waals surface area contributed by atoms with Crippen LogP contribution in [0.1, 0.15) is 17.4 Å². The molecule has 2 aromatic rings. The number of aromatic nitrogens is 1. The van der Waals surface area contributed by atoms with Gasteiger partial charge in [-0.3, -0.25) is 4.98 Å². The van der Waals surface area contributed by atoms with E-state index in [1.807, 2.05) is 12.1 Å². The van der Waals surface area contributed by atoms with Gasteiger partial charge >= 0.3 is 0 Å². The van der Waals surface area contributed by atoms with Crippen molar-refractivity contribution in [2.75, 3.05) is 6.54 Å². The summed E-state index contributed by atoms with van der Waals surface area (Å²) < 4.78 is 5.79. The standard InChI is InChI=1S/C13H16N2OS/c1-2-14-8-11-5-6-15-9-13(11)16-10-12-4-3-7-17-12/h3-7,9,14H,2,8,10H2,1H3. The van der Waals surface area contributed by atoms with Crippen LogP contribution in [0.2, 0.25) is 0 Å². The van der Waals surface area contributed by atoms with Crippen LogP contribution in [0, 0.1) is 0 Å². The van der Waals surface area contributed by atoms with E-state index in [4.69, 9.17) is 4.74 Å². The fourth-order valence-electron chi connectivity index (χ4n) is 1.49. The molecule has 0 amide bonds. The van der Waals surface area contributed by atoms with Crippen molar-refractivity contribution in [3.8, 4) is 5.75 Å². The molecule has 4 heteroatoms. The SMILES string of the molecule is CCNCc1ccncc1OCc1cccs1. The second kappa shape index (κ2) is 6.37. The minimum atomic E-state index is 0.614. The van der Waals surface area contributed by atoms with E-state index < -0.39 is 0 Å². The highest BCUT2D eigenvalue weighted by molar-refractivity contribution is 7.09. The molecule has 0 unspecified atom stereocenters. The Kier molecular flexibility index (Phi) is 4.53. The summed E-state index contributed by atoms with van der Waals surface area (Å²) in [5, 5.41) is 5.35. The molecule has 0 fully saturated rings. The lowest BCUT2D eigenvalue weighted by Crippen LogP contribution is -2.12. The maximum atomic E-state index is 5.79. The summed E-state index contributed by atoms with van der Waals surface area (Å²) >= 11 is 1.70. The van der Waals surface area contributed by atoms with Crippen molar-refractivity contribution in [2.45, 2.75) is 20.1 Å². The van der Waals surface area contributed by atoms with Gasteiger partial charge in [0.05, 0.1) is 6.20 Å². The number of nitrogens with zero attached hydrogens (tertiary/aromatic N) is 1. The van der Waals surface area contributed by atoms with Gasteiger partial charge in [-0.2, -0.15) is 0 Å². The first-order valence-corrected chi connectivity index (χ1v) is 6.57. The van der Waals surface area contributed by atoms with Crippen molar-refractivity contribution in [3.05, 3.63) is 46.4 Å². The van der Waals surface area contributed by atoms with Gasteiger partial charge in [0.25, 0.3) is 0 Å². The molecule has 2 aromatic heterocycles. The van der Waals surface area contributed by atoms with Crippen molar-refractivity contribution >= 4 is 11.3 Å². The first-order chi connectivity index (χ1) is 8.40. The number of pyridine rings is 1. The van der Waals surface area contributed by atoms with E-state index in [0.717, 1.165) is 24.4 Å². The summed E-state index contributed by atoms with van der Waals surface area (Å²) in [5.41, 5.74) is 1.15. The lowest BCUT2D eigenvalue weighted by Gasteiger charge is -2.10. The second-order valence-corrected chi connectivity index (χ2v) is 4.66. The molecule has 0 bridgehead atoms. The Labute approximate surface area is 105 Å². The second-order valence-electron chi connectivity index (χ2n) is 3.63. The topological polar surface area (TPSA) is 34.2 Å². The zero-order valence-corrected chi connectivity index (χ0v) is 10.7. The van der Waals surface area contributed by atoms with Gasteiger partial charge in [-0.05, 0) is 24.1 Å². The third kappa shape index (κ3) is 3.54. The smallest absolute Gasteiger partial charge is 0.142 e. The number of ether oxygens (including phenoxy) is 1. The molecule has 2 heterocycles. The Hall–Kier alpha value is -1.39. The summed E-state index contributed by atoms with van der Waals surface area (Å²) in [5.74, 6) is 0.863. The van der Waals surface area contributed by atoms with Crippen molar-refractivity contribution in [3.63, 3.8) is 0 Å². The van der Waals surface area contributed by atoms with Crippen molar-refractivity contribution in [2.24, 2.45) is 0 Å². The first-order valence-electron chi connectivity index (χ1n) is 5.69. The Morgan fingerprint density at radius 3 is 3.12 bits per heavy atom. The van der Waals surface area contributed by atoms with E-state index in [9.17, 15) is 0 Å². The molecule has 0 radical (unpaired) electrons. The molecular weight excluding hydrogens is 232 g/mol. The monoisotopic (exact) mass is 248 g/mol. The average Bonchev–Trinajstić information content (AvgIpc) is 2.88. The van der Waals surface area contributed by atoms with Crippen molar-refractivity contribution in [1.82, 2.24) is 10.3 Å². The Morgan fingerprint density at radius 1 is 1.41 bits per heavy atom. The van der Waals surface area contributed by atoms with Crippen LogP contribution >= 0.6 is 11.3 Å². The molecule has 2 rings (SSSR count). The van der Waals surface area contributed by atoms with E-state index in [2.05, 4.69) is 28.7 Å². The number of rotatable bonds is 6. The van der Waals surface area contributed by atoms with Crippen LogP contribution in [0.25, 0.3) is 0 Å². The van der Waals surface area contributed by atoms with Crippen molar-refractivity contribution < 1.29 is 4.74 Å². The highest BCUT2D eigenvalue weighted by Crippen LogP contribution is 2.19. The highest BCUT2D eigenvalue weighted by atomic mass is 32.1. The van der Waals surface area contributed by atoms with Crippen LogP contribution in [-0.4, -0.2) is 11.5 Å². The molecule has 0 aromatic carbocycles. The first kappa shape index (κ1) is 12.1. The maximum Gasteiger partial charge on any atom is 0.142 e. The third-order valence-corrected chi connectivity index (χ3v) is 3.24. The molecule has 0 aliphatic carbocycles. The van der Waals surface area contributed by atoms with Crippen LogP contribution in [-0.2, 0) is 13.2 Å². The fraction of sp³-hybridized carbons (Fsp3) is 0.308. The summed E-state index contributed by atoms with van der Waals surface area (Å²) in [4.78, 5) is 5.33. The lowest BCUT2D eigenvalue weighted by molar-refractivity contribution is 0.304. The molecule has 17 heavy (non-hydrogen) atoms. The molecule has 0 atom stereocenters. The maximum absolute atomic E-state index is 5.79. The quantitative estimate of drug-likeness (QED) is 0.853. The molecule has 90 valence electrons. The van der Waals surface area contributed by atoms with E-state index in [1.54, 1.807) is 23.7 Å². The fourth-order valence-corrected chi connectivity index (χ4v) is 2.10. The largest absolute Gasteiger partial charge is 0.486 e. The Balaban J connectivity index is 1.99. The van der Waals surface area contributed by atoms with Gasteiger partial charge in [-0.25, -0.2) is 0 Å². The molecule has 0 aliphatic rings. The van der Waals surface area contributed by atoms with Crippen molar-refractivity contribution in [1.29, 1.82) is 0 Å². The molecule has 0 aliphatic heterocycles. The van der Waals surface area contributed by atoms with E-state index in [1.165, 1.54) is 4.88 Å². The summed E-state index contributed by atoms with van der Waals surface area (Å²) in [6.07, 6.45) is 3.57. The van der Waals surface area contributed by atoms with E-state index in [0.29, 0.717) is 6.61 Å². The highest BCUT2D eigenvalue weighted by Gasteiger charge is 2.03. The summed E-state index contributed by atoms with van der Waals surface area (Å²) in [6.45, 7) is 4.47. The van der Waals surface area contributed by atoms with Crippen LogP contribution in [0.3, 0.4) is 0 Å². The zero-order valence-electron chi connectivity index (χ0n) is 9.85. The van der Waals surface area contributed by atoms with Gasteiger partial charge in [0, 0.05) is 23.2 Å². The van der Waals surface area contributed by atoms with Gasteiger partial charge < -0.3 is 10.1 Å². The molecule has 0 saturated heterocycles. The Morgan fingerprint density at radius 2 is 2.35 bits per heavy atom. The Bertz CT molecular complexity index is 442. The minimum Gasteiger partial charge on any atom is -0.486 e. The van der Waals surface area contributed by atoms with Gasteiger partial charge in [0.2, 0.25) is 0 Å². The van der Waals surface area contributed by atoms with Crippen LogP contribution in [0.5, 0.6) is 5.75 Å². The van der Waals surface area contributed by atoms with Crippen LogP contribution < -0.4 is 10.1 Å². The molecular formula is C13H16N2OS. The number of nitrogens with one attached hydrogen (secondary N) is 1. The number of thiophene rings is 1. The summed E-state index contributed by atoms with van der Waals surface area (Å²) in [7, 11) is 0. The van der Waals surface area contributed by atoms with Crippen LogP contribution in [0.15, 0.2) is 36.0 Å². The normalized spacial score (nSPS) is 10.4. The number of hydrogen-bond acceptors (Lipinski definition) is 4. The third-order valence-electron chi connectivity index (χ3n) is 2.39. The van der Waals surface area contributed by atoms with Gasteiger partial charge in [-0.1, -0.05) is 13.0 Å². The predicted octanol–water partition coefficient (Wildman–Crippen LogP) is 2.83. The minimum absolute atomic E-state index is 0.614. The predicted molar refractivity (Wildman–Crippen MR) is 70.3 cm³/mol. The van der Waals surface area contributed by atoms with Gasteiger partial charge in [-0.15, -0.1) is 11.3 Å².